The molecule has 0 bridgehead atoms. The fraction of sp³-hybridized carbons (Fsp3) is 0.867. The van der Waals surface area contributed by atoms with Crippen LogP contribution in [0.25, 0.3) is 0 Å². The van der Waals surface area contributed by atoms with Gasteiger partial charge in [-0.2, -0.15) is 13.3 Å². The number of carbonyl (C=O) groups excluding carboxylic acids is 3. The summed E-state index contributed by atoms with van der Waals surface area (Å²) in [4.78, 5) is 39.3. The summed E-state index contributed by atoms with van der Waals surface area (Å²) in [5.41, 5.74) is 0. The van der Waals surface area contributed by atoms with Gasteiger partial charge in [-0.25, -0.2) is 4.79 Å². The third-order valence-electron chi connectivity index (χ3n) is 8.49. The largest absolute Gasteiger partial charge is 0.530 e. The Bertz CT molecular complexity index is 745. The van der Waals surface area contributed by atoms with Crippen LogP contribution in [0, 0.1) is 24.7 Å². The zero-order chi connectivity index (χ0) is 31.5. The molecule has 43 heavy (non-hydrogen) atoms. The molecule has 0 aromatic carbocycles. The molecule has 2 amide bonds. The standard InChI is InChI=1S/C10H18BNO4.C10H19N2O.C8H17NO.C2H5.HI.Y/c1-4-7-6-8(10(14)16-5-2)12(9(7)13)11(3)15;1-3-9-6-10(12(2)7-9)4-5-11-8-13;1-3-7-4-8(6-10)9(2)5-7;1-2;;/h7-8,15H,4-6H2,1-3H3;9-10H,3-7H2,1-2H3,(H,11,13);7-8,10H,3-6H2,1-2H3;1H2,2H3;1H;/q;-1;;-1;;/t7-,8+;9-,10-;7-,8+;;;/m111.../s1. The Hall–Kier alpha value is 0.149. The number of amides is 2. The minimum Gasteiger partial charge on any atom is -0.530 e. The van der Waals surface area contributed by atoms with E-state index < -0.39 is 19.1 Å². The Morgan fingerprint density at radius 1 is 1.02 bits per heavy atom. The Kier molecular flexibility index (Phi) is 30.2. The summed E-state index contributed by atoms with van der Waals surface area (Å²) in [6.07, 6.45) is 8.89. The number of hydrogen-bond donors (Lipinski definition) is 3. The number of ether oxygens (including phenoxy) is 1. The van der Waals surface area contributed by atoms with Crippen molar-refractivity contribution in [3.8, 4) is 0 Å². The van der Waals surface area contributed by atoms with Crippen LogP contribution in [0.2, 0.25) is 6.82 Å². The van der Waals surface area contributed by atoms with Gasteiger partial charge in [0.05, 0.1) is 13.2 Å². The molecule has 0 aromatic rings. The number of nitrogens with zero attached hydrogens (tertiary/aromatic N) is 3. The van der Waals surface area contributed by atoms with Gasteiger partial charge in [0.2, 0.25) is 5.91 Å². The number of likely N-dealkylation sites (tertiary alicyclic amines) is 2. The molecule has 0 saturated carbocycles. The third-order valence-corrected chi connectivity index (χ3v) is 8.49. The molecule has 3 aliphatic heterocycles. The van der Waals surface area contributed by atoms with Gasteiger partial charge in [-0.3, -0.25) is 4.79 Å². The summed E-state index contributed by atoms with van der Waals surface area (Å²) in [6, 6.07) is 0.466. The molecule has 13 heteroatoms. The van der Waals surface area contributed by atoms with Crippen molar-refractivity contribution in [3.63, 3.8) is 0 Å². The number of nitrogens with one attached hydrogen (secondary N) is 1. The van der Waals surface area contributed by atoms with E-state index in [4.69, 9.17) is 9.84 Å². The van der Waals surface area contributed by atoms with Crippen LogP contribution >= 0.6 is 24.0 Å². The van der Waals surface area contributed by atoms with Crippen LogP contribution < -0.4 is 5.32 Å². The van der Waals surface area contributed by atoms with Crippen LogP contribution in [0.3, 0.4) is 0 Å². The van der Waals surface area contributed by atoms with Crippen molar-refractivity contribution in [3.05, 3.63) is 6.92 Å². The first kappa shape index (κ1) is 47.6. The maximum absolute atomic E-state index is 11.9. The summed E-state index contributed by atoms with van der Waals surface area (Å²) in [5.74, 6) is 0.921. The zero-order valence-electron chi connectivity index (χ0n) is 28.1. The van der Waals surface area contributed by atoms with Crippen molar-refractivity contribution in [1.29, 1.82) is 0 Å². The Labute approximate surface area is 305 Å². The first-order valence-electron chi connectivity index (χ1n) is 15.6. The third kappa shape index (κ3) is 16.5. The quantitative estimate of drug-likeness (QED) is 0.0729. The molecule has 0 spiro atoms. The van der Waals surface area contributed by atoms with E-state index in [1.54, 1.807) is 20.3 Å². The smallest absolute Gasteiger partial charge is 0.412 e. The molecule has 1 radical (unpaired) electrons. The molecule has 0 unspecified atom stereocenters. The summed E-state index contributed by atoms with van der Waals surface area (Å²) in [7, 11) is 3.32. The van der Waals surface area contributed by atoms with E-state index in [1.807, 2.05) is 6.92 Å². The van der Waals surface area contributed by atoms with Crippen LogP contribution in [0.1, 0.15) is 79.6 Å². The van der Waals surface area contributed by atoms with Crippen LogP contribution in [0.15, 0.2) is 0 Å². The molecule has 0 aliphatic carbocycles. The average Bonchev–Trinajstić information content (AvgIpc) is 3.64. The zero-order valence-corrected chi connectivity index (χ0v) is 33.3. The minimum absolute atomic E-state index is 0. The van der Waals surface area contributed by atoms with Crippen LogP contribution in [0.4, 0.5) is 0 Å². The van der Waals surface area contributed by atoms with Gasteiger partial charge in [-0.15, -0.1) is 24.0 Å². The Morgan fingerprint density at radius 3 is 1.91 bits per heavy atom. The monoisotopic (exact) mass is 799 g/mol. The first-order chi connectivity index (χ1) is 19.6. The SMILES string of the molecule is CCOC(=O)[C@@H]1C[C@@H](CC)C(=O)N1B(C)O.CC[C@@H]1C[C@@H](CCN[C-]=O)N(C)C1.CC[C@@H]1C[C@@H](CO)N(C)C1.I.[CH2-]C.[Y]. The van der Waals surface area contributed by atoms with E-state index in [2.05, 4.69) is 50.0 Å². The second kappa shape index (κ2) is 27.3. The number of halogens is 1. The molecule has 3 N–H and O–H groups in total. The fourth-order valence-electron chi connectivity index (χ4n) is 5.91. The van der Waals surface area contributed by atoms with Crippen LogP contribution in [0.5, 0.6) is 0 Å². The molecule has 251 valence electrons. The number of esters is 1. The normalized spacial score (nSPS) is 26.3. The van der Waals surface area contributed by atoms with Crippen molar-refractivity contribution in [2.24, 2.45) is 17.8 Å². The predicted molar refractivity (Wildman–Crippen MR) is 181 cm³/mol. The second-order valence-corrected chi connectivity index (χ2v) is 11.2. The summed E-state index contributed by atoms with van der Waals surface area (Å²) in [5, 5.41) is 21.0. The van der Waals surface area contributed by atoms with Gasteiger partial charge >= 0.3 is 13.0 Å². The topological polar surface area (TPSA) is 123 Å². The molecule has 3 heterocycles. The van der Waals surface area contributed by atoms with Gasteiger partial charge in [0.15, 0.2) is 0 Å². The average molecular weight is 799 g/mol. The number of aliphatic hydroxyl groups excluding tert-OH is 1. The van der Waals surface area contributed by atoms with Crippen molar-refractivity contribution >= 4 is 49.3 Å². The van der Waals surface area contributed by atoms with Gasteiger partial charge < -0.3 is 46.5 Å². The van der Waals surface area contributed by atoms with E-state index in [-0.39, 0.29) is 75.1 Å². The van der Waals surface area contributed by atoms with Crippen LogP contribution in [-0.4, -0.2) is 115 Å². The van der Waals surface area contributed by atoms with Gasteiger partial charge in [-0.05, 0) is 78.3 Å². The van der Waals surface area contributed by atoms with Crippen molar-refractivity contribution in [2.45, 2.75) is 105 Å². The first-order valence-corrected chi connectivity index (χ1v) is 15.6. The number of rotatable bonds is 11. The molecule has 10 nitrogen and oxygen atoms in total. The van der Waals surface area contributed by atoms with E-state index in [9.17, 15) is 19.4 Å². The predicted octanol–water partition coefficient (Wildman–Crippen LogP) is 3.22. The van der Waals surface area contributed by atoms with E-state index in [0.29, 0.717) is 31.5 Å². The van der Waals surface area contributed by atoms with Gasteiger partial charge in [0.1, 0.15) is 6.04 Å². The maximum Gasteiger partial charge on any atom is 0.412 e. The van der Waals surface area contributed by atoms with Gasteiger partial charge in [0, 0.05) is 63.8 Å². The summed E-state index contributed by atoms with van der Waals surface area (Å²) < 4.78 is 4.90. The number of aliphatic hydroxyl groups is 1. The molecule has 6 atom stereocenters. The maximum atomic E-state index is 11.9. The molecule has 0 aromatic heterocycles. The number of likely N-dealkylation sites (N-methyl/N-ethyl adjacent to an activating group) is 1. The molecule has 3 rings (SSSR count). The van der Waals surface area contributed by atoms with Crippen molar-refractivity contribution in [2.75, 3.05) is 46.9 Å². The van der Waals surface area contributed by atoms with E-state index in [1.165, 1.54) is 50.4 Å². The van der Waals surface area contributed by atoms with Crippen molar-refractivity contribution < 1.29 is 62.0 Å². The molecular formula is C30H60BIN4O6Y-2. The fourth-order valence-corrected chi connectivity index (χ4v) is 5.91. The molecule has 3 fully saturated rings. The van der Waals surface area contributed by atoms with Crippen LogP contribution in [-0.2, 0) is 51.8 Å². The Balaban J connectivity index is -0.000000541. The van der Waals surface area contributed by atoms with Gasteiger partial charge in [-0.1, -0.05) is 33.6 Å². The van der Waals surface area contributed by atoms with Crippen molar-refractivity contribution in [1.82, 2.24) is 19.9 Å². The number of hydrogen-bond acceptors (Lipinski definition) is 8. The summed E-state index contributed by atoms with van der Waals surface area (Å²) in [6.45, 7) is 18.3. The molecule has 3 saturated heterocycles. The van der Waals surface area contributed by atoms with E-state index in [0.717, 1.165) is 24.8 Å². The second-order valence-electron chi connectivity index (χ2n) is 11.2. The summed E-state index contributed by atoms with van der Waals surface area (Å²) >= 11 is 0. The van der Waals surface area contributed by atoms with E-state index >= 15 is 0 Å². The number of carbonyl (C=O) groups is 2. The molecule has 3 aliphatic rings. The molecular weight excluding hydrogens is 739 g/mol. The minimum atomic E-state index is -0.946. The van der Waals surface area contributed by atoms with Gasteiger partial charge in [0.25, 0.3) is 0 Å². The Morgan fingerprint density at radius 2 is 1.53 bits per heavy atom.